The van der Waals surface area contributed by atoms with E-state index >= 15 is 4.39 Å². The number of amides is 1. The highest BCUT2D eigenvalue weighted by Crippen LogP contribution is 2.39. The molecule has 0 aliphatic carbocycles. The number of hydrogen-bond acceptors (Lipinski definition) is 4. The van der Waals surface area contributed by atoms with Crippen molar-refractivity contribution in [3.8, 4) is 0 Å². The zero-order chi connectivity index (χ0) is 27.3. The van der Waals surface area contributed by atoms with E-state index in [2.05, 4.69) is 9.97 Å². The van der Waals surface area contributed by atoms with E-state index in [1.54, 1.807) is 37.1 Å². The van der Waals surface area contributed by atoms with E-state index in [0.717, 1.165) is 6.07 Å². The molecule has 0 radical (unpaired) electrons. The Bertz CT molecular complexity index is 1430. The van der Waals surface area contributed by atoms with Crippen molar-refractivity contribution in [3.63, 3.8) is 0 Å². The Labute approximate surface area is 213 Å². The number of carbonyl (C=O) groups excluding carboxylic acids is 1. The van der Waals surface area contributed by atoms with Gasteiger partial charge in [0.2, 0.25) is 5.91 Å². The average molecular weight is 518 g/mol. The predicted molar refractivity (Wildman–Crippen MR) is 132 cm³/mol. The Hall–Kier alpha value is -3.30. The van der Waals surface area contributed by atoms with Crippen LogP contribution in [0.3, 0.4) is 0 Å². The van der Waals surface area contributed by atoms with Crippen molar-refractivity contribution in [2.45, 2.75) is 71.4 Å². The van der Waals surface area contributed by atoms with E-state index in [1.165, 1.54) is 19.9 Å². The third kappa shape index (κ3) is 4.98. The molecule has 1 aliphatic heterocycles. The van der Waals surface area contributed by atoms with Crippen molar-refractivity contribution in [2.24, 2.45) is 12.0 Å². The highest BCUT2D eigenvalue weighted by molar-refractivity contribution is 5.78. The fraction of sp³-hybridized carbons (Fsp3) is 0.481. The van der Waals surface area contributed by atoms with Crippen molar-refractivity contribution >= 4 is 16.8 Å². The minimum atomic E-state index is -4.47. The highest BCUT2D eigenvalue weighted by atomic mass is 19.4. The summed E-state index contributed by atoms with van der Waals surface area (Å²) < 4.78 is 58.4. The lowest BCUT2D eigenvalue weighted by atomic mass is 9.85. The summed E-state index contributed by atoms with van der Waals surface area (Å²) in [6, 6.07) is 4.80. The van der Waals surface area contributed by atoms with Gasteiger partial charge in [-0.15, -0.1) is 0 Å². The van der Waals surface area contributed by atoms with Crippen LogP contribution in [0.4, 0.5) is 17.6 Å². The molecule has 0 spiro atoms. The molecule has 2 aromatic heterocycles. The number of nitrogens with zero attached hydrogens (tertiary/aromatic N) is 5. The first kappa shape index (κ1) is 26.8. The molecular weight excluding hydrogens is 486 g/mol. The minimum Gasteiger partial charge on any atom is -0.340 e. The number of pyridine rings is 1. The number of piperidine rings is 1. The van der Waals surface area contributed by atoms with Gasteiger partial charge in [0, 0.05) is 44.8 Å². The van der Waals surface area contributed by atoms with Crippen molar-refractivity contribution < 1.29 is 22.4 Å². The number of fused-ring (bicyclic) bond motifs is 1. The summed E-state index contributed by atoms with van der Waals surface area (Å²) in [7, 11) is 1.81. The number of carbonyl (C=O) groups is 1. The number of halogens is 4. The normalized spacial score (nSPS) is 21.9. The van der Waals surface area contributed by atoms with Gasteiger partial charge in [-0.2, -0.15) is 13.2 Å². The van der Waals surface area contributed by atoms with Gasteiger partial charge >= 0.3 is 6.18 Å². The number of aromatic nitrogens is 3. The second kappa shape index (κ2) is 9.54. The van der Waals surface area contributed by atoms with Crippen molar-refractivity contribution in [1.29, 1.82) is 0 Å². The Morgan fingerprint density at radius 2 is 1.97 bits per heavy atom. The van der Waals surface area contributed by atoms with Crippen LogP contribution in [0, 0.1) is 13.8 Å². The smallest absolute Gasteiger partial charge is 0.340 e. The Morgan fingerprint density at radius 3 is 2.59 bits per heavy atom. The van der Waals surface area contributed by atoms with Gasteiger partial charge in [0.15, 0.2) is 11.2 Å². The monoisotopic (exact) mass is 517 g/mol. The quantitative estimate of drug-likeness (QED) is 0.434. The first-order chi connectivity index (χ1) is 17.2. The molecule has 1 amide bonds. The average Bonchev–Trinajstić information content (AvgIpc) is 2.81. The molecule has 10 heteroatoms. The van der Waals surface area contributed by atoms with Crippen LogP contribution >= 0.6 is 0 Å². The van der Waals surface area contributed by atoms with Gasteiger partial charge in [-0.25, -0.2) is 9.37 Å². The number of likely N-dealkylation sites (tertiary alicyclic amines) is 1. The van der Waals surface area contributed by atoms with E-state index in [9.17, 15) is 18.0 Å². The van der Waals surface area contributed by atoms with Gasteiger partial charge in [-0.1, -0.05) is 12.1 Å². The summed E-state index contributed by atoms with van der Waals surface area (Å²) in [6.07, 6.45) is -2.65. The number of hydrogen-bond donors (Lipinski definition) is 0. The summed E-state index contributed by atoms with van der Waals surface area (Å²) in [5, 5.41) is 0.563. The maximum Gasteiger partial charge on any atom is 0.416 e. The third-order valence-corrected chi connectivity index (χ3v) is 7.45. The lowest BCUT2D eigenvalue weighted by Gasteiger charge is -2.40. The van der Waals surface area contributed by atoms with Gasteiger partial charge in [0.1, 0.15) is 5.82 Å². The lowest BCUT2D eigenvalue weighted by Crippen LogP contribution is -2.48. The molecule has 4 rings (SSSR count). The van der Waals surface area contributed by atoms with E-state index in [-0.39, 0.29) is 42.6 Å². The molecule has 0 N–H and O–H groups in total. The SMILES string of the molecule is CC(=O)N1CCC(F)(c2cc3c(=N[C@H](C)c4cccc(C(F)(F)F)c4C)nc(C)n(C)c3cn2)C[C@H]1C. The molecule has 37 heavy (non-hydrogen) atoms. The Morgan fingerprint density at radius 1 is 1.27 bits per heavy atom. The summed E-state index contributed by atoms with van der Waals surface area (Å²) in [4.78, 5) is 27.3. The fourth-order valence-electron chi connectivity index (χ4n) is 5.27. The van der Waals surface area contributed by atoms with Gasteiger partial charge < -0.3 is 9.47 Å². The van der Waals surface area contributed by atoms with Crippen molar-refractivity contribution in [1.82, 2.24) is 19.4 Å². The summed E-state index contributed by atoms with van der Waals surface area (Å²) in [5.41, 5.74) is -0.638. The second-order valence-electron chi connectivity index (χ2n) is 9.93. The van der Waals surface area contributed by atoms with E-state index < -0.39 is 23.5 Å². The van der Waals surface area contributed by atoms with Crippen molar-refractivity contribution in [3.05, 3.63) is 64.2 Å². The molecule has 6 nitrogen and oxygen atoms in total. The highest BCUT2D eigenvalue weighted by Gasteiger charge is 2.42. The van der Waals surface area contributed by atoms with Crippen LogP contribution in [0.2, 0.25) is 0 Å². The molecule has 1 saturated heterocycles. The van der Waals surface area contributed by atoms with Crippen LogP contribution in [-0.4, -0.2) is 37.9 Å². The van der Waals surface area contributed by atoms with Crippen LogP contribution < -0.4 is 5.49 Å². The number of benzene rings is 1. The first-order valence-electron chi connectivity index (χ1n) is 12.2. The van der Waals surface area contributed by atoms with E-state index in [4.69, 9.17) is 4.99 Å². The molecule has 198 valence electrons. The molecule has 3 atom stereocenters. The molecule has 1 fully saturated rings. The number of rotatable bonds is 3. The molecule has 3 aromatic rings. The zero-order valence-electron chi connectivity index (χ0n) is 21.8. The standard InChI is InChI=1S/C27H31F4N5O/c1-15-13-26(28,10-11-36(15)19(5)37)24-12-21-23(14-32-24)35(6)18(4)34-25(21)33-17(3)20-8-7-9-22(16(20)2)27(29,30)31/h7-9,12,14-15,17H,10-11,13H2,1-6H3/t15-,17-,26?/m1/s1. The molecule has 1 aromatic carbocycles. The summed E-state index contributed by atoms with van der Waals surface area (Å²) in [6.45, 7) is 8.54. The molecule has 0 bridgehead atoms. The second-order valence-corrected chi connectivity index (χ2v) is 9.93. The van der Waals surface area contributed by atoms with Crippen LogP contribution in [0.15, 0.2) is 35.5 Å². The van der Waals surface area contributed by atoms with Crippen LogP contribution in [-0.2, 0) is 23.7 Å². The van der Waals surface area contributed by atoms with Crippen LogP contribution in [0.1, 0.15) is 67.9 Å². The van der Waals surface area contributed by atoms with Gasteiger partial charge in [-0.3, -0.25) is 14.8 Å². The van der Waals surface area contributed by atoms with Crippen LogP contribution in [0.5, 0.6) is 0 Å². The third-order valence-electron chi connectivity index (χ3n) is 7.45. The molecule has 1 unspecified atom stereocenters. The topological polar surface area (TPSA) is 63.4 Å². The first-order valence-corrected chi connectivity index (χ1v) is 12.2. The lowest BCUT2D eigenvalue weighted by molar-refractivity contribution is -0.138. The summed E-state index contributed by atoms with van der Waals surface area (Å²) in [5.74, 6) is 0.541. The fourth-order valence-corrected chi connectivity index (χ4v) is 5.27. The molecule has 1 aliphatic rings. The minimum absolute atomic E-state index is 0.0901. The summed E-state index contributed by atoms with van der Waals surface area (Å²) >= 11 is 0. The molecule has 0 saturated carbocycles. The molecular formula is C27H31F4N5O. The predicted octanol–water partition coefficient (Wildman–Crippen LogP) is 5.46. The van der Waals surface area contributed by atoms with E-state index in [1.807, 2.05) is 18.5 Å². The number of alkyl halides is 4. The Kier molecular flexibility index (Phi) is 6.90. The Balaban J connectivity index is 1.83. The van der Waals surface area contributed by atoms with E-state index in [0.29, 0.717) is 27.8 Å². The number of aryl methyl sites for hydroxylation is 2. The molecule has 3 heterocycles. The maximum atomic E-state index is 16.2. The van der Waals surface area contributed by atoms with Crippen molar-refractivity contribution in [2.75, 3.05) is 6.54 Å². The largest absolute Gasteiger partial charge is 0.416 e. The zero-order valence-corrected chi connectivity index (χ0v) is 21.8. The van der Waals surface area contributed by atoms with Gasteiger partial charge in [0.05, 0.1) is 29.0 Å². The maximum absolute atomic E-state index is 16.2. The van der Waals surface area contributed by atoms with Gasteiger partial charge in [-0.05, 0) is 51.0 Å². The van der Waals surface area contributed by atoms with Crippen LogP contribution in [0.25, 0.3) is 10.9 Å². The van der Waals surface area contributed by atoms with Gasteiger partial charge in [0.25, 0.3) is 0 Å².